The molecule has 1 heteroatoms. The summed E-state index contributed by atoms with van der Waals surface area (Å²) in [5.74, 6) is 0.109. The van der Waals surface area contributed by atoms with Crippen molar-refractivity contribution in [1.29, 1.82) is 0 Å². The number of hydrogen-bond acceptors (Lipinski definition) is 1. The van der Waals surface area contributed by atoms with E-state index in [2.05, 4.69) is 0 Å². The maximum atomic E-state index is 10.7. The Bertz CT molecular complexity index is 87.1. The summed E-state index contributed by atoms with van der Waals surface area (Å²) in [6.45, 7) is 10.7. The first-order chi connectivity index (χ1) is 3.48. The Hall–Kier alpha value is -0.330. The molecule has 0 aliphatic heterocycles. The van der Waals surface area contributed by atoms with Crippen LogP contribution >= 0.6 is 0 Å². The highest BCUT2D eigenvalue weighted by atomic mass is 16.1. The monoisotopic (exact) mass is 112 g/mol. The van der Waals surface area contributed by atoms with Gasteiger partial charge < -0.3 is 0 Å². The van der Waals surface area contributed by atoms with E-state index in [1.165, 1.54) is 0 Å². The second kappa shape index (κ2) is 2.29. The van der Waals surface area contributed by atoms with Crippen molar-refractivity contribution >= 4 is 5.78 Å². The zero-order chi connectivity index (χ0) is 6.78. The van der Waals surface area contributed by atoms with Gasteiger partial charge in [-0.2, -0.15) is 0 Å². The predicted octanol–water partition coefficient (Wildman–Crippen LogP) is 1.70. The zero-order valence-corrected chi connectivity index (χ0v) is 5.69. The van der Waals surface area contributed by atoms with Gasteiger partial charge in [0, 0.05) is 11.8 Å². The molecule has 0 rings (SSSR count). The molecule has 0 bridgehead atoms. The molecule has 0 amide bonds. The average molecular weight is 112 g/mol. The van der Waals surface area contributed by atoms with Crippen molar-refractivity contribution in [1.82, 2.24) is 0 Å². The quantitative estimate of drug-likeness (QED) is 0.504. The summed E-state index contributed by atoms with van der Waals surface area (Å²) in [5.41, 5.74) is -0.255. The molecule has 0 atom stereocenters. The minimum Gasteiger partial charge on any atom is -0.299 e. The van der Waals surface area contributed by atoms with Gasteiger partial charge in [0.25, 0.3) is 0 Å². The molecule has 0 aliphatic rings. The van der Waals surface area contributed by atoms with Gasteiger partial charge in [0.05, 0.1) is 0 Å². The molecule has 2 radical (unpaired) electrons. The molecule has 0 saturated carbocycles. The fourth-order valence-electron chi connectivity index (χ4n) is 0.306. The highest BCUT2D eigenvalue weighted by Crippen LogP contribution is 2.15. The SMILES string of the molecule is [CH]CC(=O)C(C)(C)C. The first-order valence-corrected chi connectivity index (χ1v) is 2.72. The molecule has 0 aliphatic carbocycles. The van der Waals surface area contributed by atoms with Gasteiger partial charge in [0.15, 0.2) is 0 Å². The summed E-state index contributed by atoms with van der Waals surface area (Å²) >= 11 is 0. The Labute approximate surface area is 51.1 Å². The maximum Gasteiger partial charge on any atom is 0.138 e. The van der Waals surface area contributed by atoms with E-state index in [0.29, 0.717) is 0 Å². The molecule has 8 heavy (non-hydrogen) atoms. The van der Waals surface area contributed by atoms with Crippen LogP contribution in [0.5, 0.6) is 0 Å². The molecule has 0 aromatic heterocycles. The van der Waals surface area contributed by atoms with E-state index >= 15 is 0 Å². The molecule has 0 unspecified atom stereocenters. The van der Waals surface area contributed by atoms with E-state index in [9.17, 15) is 4.79 Å². The van der Waals surface area contributed by atoms with E-state index in [0.717, 1.165) is 0 Å². The zero-order valence-electron chi connectivity index (χ0n) is 5.69. The minimum absolute atomic E-state index is 0.109. The summed E-state index contributed by atoms with van der Waals surface area (Å²) in [4.78, 5) is 10.7. The third kappa shape index (κ3) is 2.10. The van der Waals surface area contributed by atoms with Crippen molar-refractivity contribution in [2.45, 2.75) is 27.2 Å². The second-order valence-electron chi connectivity index (χ2n) is 2.88. The molecule has 1 nitrogen and oxygen atoms in total. The lowest BCUT2D eigenvalue weighted by atomic mass is 9.90. The Morgan fingerprint density at radius 2 is 1.88 bits per heavy atom. The van der Waals surface area contributed by atoms with Crippen LogP contribution in [0.2, 0.25) is 0 Å². The summed E-state index contributed by atoms with van der Waals surface area (Å²) in [7, 11) is 0. The van der Waals surface area contributed by atoms with Crippen molar-refractivity contribution in [3.05, 3.63) is 6.92 Å². The van der Waals surface area contributed by atoms with Crippen LogP contribution in [0.1, 0.15) is 27.2 Å². The molecular weight excluding hydrogens is 100 g/mol. The second-order valence-corrected chi connectivity index (χ2v) is 2.88. The van der Waals surface area contributed by atoms with Gasteiger partial charge in [0.2, 0.25) is 0 Å². The molecule has 0 saturated heterocycles. The van der Waals surface area contributed by atoms with Crippen molar-refractivity contribution in [2.24, 2.45) is 5.41 Å². The lowest BCUT2D eigenvalue weighted by molar-refractivity contribution is -0.125. The lowest BCUT2D eigenvalue weighted by Gasteiger charge is -2.13. The van der Waals surface area contributed by atoms with E-state index in [1.807, 2.05) is 20.8 Å². The van der Waals surface area contributed by atoms with Crippen LogP contribution in [0.15, 0.2) is 0 Å². The summed E-state index contributed by atoms with van der Waals surface area (Å²) in [5, 5.41) is 0. The molecule has 0 heterocycles. The Kier molecular flexibility index (Phi) is 2.20. The number of hydrogen-bond donors (Lipinski definition) is 0. The van der Waals surface area contributed by atoms with E-state index < -0.39 is 0 Å². The van der Waals surface area contributed by atoms with E-state index in [-0.39, 0.29) is 17.6 Å². The highest BCUT2D eigenvalue weighted by molar-refractivity contribution is 5.83. The van der Waals surface area contributed by atoms with E-state index in [1.54, 1.807) is 0 Å². The number of Topliss-reactive ketones (excluding diaryl/α,β-unsaturated/α-hetero) is 1. The van der Waals surface area contributed by atoms with Gasteiger partial charge in [-0.3, -0.25) is 4.79 Å². The van der Waals surface area contributed by atoms with Gasteiger partial charge in [-0.15, -0.1) is 0 Å². The van der Waals surface area contributed by atoms with Gasteiger partial charge in [-0.05, 0) is 6.92 Å². The van der Waals surface area contributed by atoms with Gasteiger partial charge >= 0.3 is 0 Å². The van der Waals surface area contributed by atoms with Crippen LogP contribution < -0.4 is 0 Å². The topological polar surface area (TPSA) is 17.1 Å². The lowest BCUT2D eigenvalue weighted by Crippen LogP contribution is -2.18. The van der Waals surface area contributed by atoms with Crippen LogP contribution in [0.25, 0.3) is 0 Å². The molecular formula is C7H12O. The maximum absolute atomic E-state index is 10.7. The fourth-order valence-corrected chi connectivity index (χ4v) is 0.306. The van der Waals surface area contributed by atoms with Crippen LogP contribution in [-0.2, 0) is 4.79 Å². The Morgan fingerprint density at radius 3 is 1.88 bits per heavy atom. The number of carbonyl (C=O) groups is 1. The number of carbonyl (C=O) groups excluding carboxylic acids is 1. The number of rotatable bonds is 1. The largest absolute Gasteiger partial charge is 0.299 e. The summed E-state index contributed by atoms with van der Waals surface area (Å²) in [6, 6.07) is 0. The predicted molar refractivity (Wildman–Crippen MR) is 33.4 cm³/mol. The molecule has 0 aromatic carbocycles. The van der Waals surface area contributed by atoms with Crippen molar-refractivity contribution in [3.63, 3.8) is 0 Å². The first-order valence-electron chi connectivity index (χ1n) is 2.72. The standard InChI is InChI=1S/C7H12O/c1-5-6(8)7(2,3)4/h1H,5H2,2-4H3. The first kappa shape index (κ1) is 7.67. The molecule has 0 N–H and O–H groups in total. The van der Waals surface area contributed by atoms with Crippen LogP contribution in [0.4, 0.5) is 0 Å². The van der Waals surface area contributed by atoms with Crippen LogP contribution in [0, 0.1) is 12.3 Å². The third-order valence-corrected chi connectivity index (χ3v) is 1.02. The Balaban J connectivity index is 3.82. The summed E-state index contributed by atoms with van der Waals surface area (Å²) in [6.07, 6.45) is 0.156. The Morgan fingerprint density at radius 1 is 1.50 bits per heavy atom. The van der Waals surface area contributed by atoms with Crippen molar-refractivity contribution < 1.29 is 4.79 Å². The normalized spacial score (nSPS) is 11.5. The van der Waals surface area contributed by atoms with E-state index in [4.69, 9.17) is 6.92 Å². The van der Waals surface area contributed by atoms with Gasteiger partial charge in [0.1, 0.15) is 5.78 Å². The van der Waals surface area contributed by atoms with Gasteiger partial charge in [-0.25, -0.2) is 0 Å². The summed E-state index contributed by atoms with van der Waals surface area (Å²) < 4.78 is 0. The molecule has 0 spiro atoms. The van der Waals surface area contributed by atoms with Gasteiger partial charge in [-0.1, -0.05) is 20.8 Å². The fraction of sp³-hybridized carbons (Fsp3) is 0.714. The van der Waals surface area contributed by atoms with Crippen molar-refractivity contribution in [2.75, 3.05) is 0 Å². The third-order valence-electron chi connectivity index (χ3n) is 1.02. The molecule has 0 fully saturated rings. The molecule has 46 valence electrons. The highest BCUT2D eigenvalue weighted by Gasteiger charge is 2.17. The average Bonchev–Trinajstić information content (AvgIpc) is 1.62. The van der Waals surface area contributed by atoms with Crippen LogP contribution in [-0.4, -0.2) is 5.78 Å². The van der Waals surface area contributed by atoms with Crippen molar-refractivity contribution in [3.8, 4) is 0 Å². The van der Waals surface area contributed by atoms with Crippen LogP contribution in [0.3, 0.4) is 0 Å². The molecule has 0 aromatic rings. The number of ketones is 1. The minimum atomic E-state index is -0.255. The smallest absolute Gasteiger partial charge is 0.138 e.